The van der Waals surface area contributed by atoms with Crippen LogP contribution in [-0.2, 0) is 0 Å². The number of aliphatic hydroxyl groups excluding tert-OH is 1. The zero-order chi connectivity index (χ0) is 11.4. The third kappa shape index (κ3) is 3.72. The van der Waals surface area contributed by atoms with Crippen molar-refractivity contribution in [3.63, 3.8) is 0 Å². The summed E-state index contributed by atoms with van der Waals surface area (Å²) in [5, 5.41) is 11.7. The molecule has 3 heteroatoms. The van der Waals surface area contributed by atoms with E-state index in [9.17, 15) is 4.79 Å². The molecule has 15 heavy (non-hydrogen) atoms. The summed E-state index contributed by atoms with van der Waals surface area (Å²) >= 11 is 0. The molecule has 0 spiro atoms. The molecular formula is C12H17NO2. The SMILES string of the molecule is Cc1cc(C)cc(C(=O)NC[C@H](C)O)c1. The van der Waals surface area contributed by atoms with Gasteiger partial charge in [-0.25, -0.2) is 0 Å². The van der Waals surface area contributed by atoms with E-state index in [0.717, 1.165) is 11.1 Å². The highest BCUT2D eigenvalue weighted by Crippen LogP contribution is 2.08. The fraction of sp³-hybridized carbons (Fsp3) is 0.417. The molecule has 1 aromatic rings. The van der Waals surface area contributed by atoms with Gasteiger partial charge in [-0.05, 0) is 32.9 Å². The number of hydrogen-bond acceptors (Lipinski definition) is 2. The third-order valence-corrected chi connectivity index (χ3v) is 2.04. The number of amides is 1. The predicted molar refractivity (Wildman–Crippen MR) is 59.9 cm³/mol. The summed E-state index contributed by atoms with van der Waals surface area (Å²) < 4.78 is 0. The molecule has 2 N–H and O–H groups in total. The largest absolute Gasteiger partial charge is 0.392 e. The molecule has 0 saturated heterocycles. The summed E-state index contributed by atoms with van der Waals surface area (Å²) in [5.41, 5.74) is 2.78. The van der Waals surface area contributed by atoms with Crippen LogP contribution >= 0.6 is 0 Å². The van der Waals surface area contributed by atoms with E-state index in [4.69, 9.17) is 5.11 Å². The molecule has 0 fully saturated rings. The molecule has 0 aliphatic rings. The average Bonchev–Trinajstić information content (AvgIpc) is 2.12. The number of hydrogen-bond donors (Lipinski definition) is 2. The van der Waals surface area contributed by atoms with Gasteiger partial charge < -0.3 is 10.4 Å². The van der Waals surface area contributed by atoms with Gasteiger partial charge in [0.15, 0.2) is 0 Å². The molecular weight excluding hydrogens is 190 g/mol. The molecule has 1 amide bonds. The molecule has 1 atom stereocenters. The minimum atomic E-state index is -0.514. The van der Waals surface area contributed by atoms with E-state index in [0.29, 0.717) is 5.56 Å². The Bertz CT molecular complexity index is 338. The van der Waals surface area contributed by atoms with Crippen molar-refractivity contribution in [2.75, 3.05) is 6.54 Å². The highest BCUT2D eigenvalue weighted by Gasteiger charge is 2.06. The maximum absolute atomic E-state index is 11.6. The summed E-state index contributed by atoms with van der Waals surface area (Å²) in [5.74, 6) is -0.136. The van der Waals surface area contributed by atoms with Crippen LogP contribution in [0, 0.1) is 13.8 Å². The van der Waals surface area contributed by atoms with Crippen molar-refractivity contribution in [2.45, 2.75) is 26.9 Å². The van der Waals surface area contributed by atoms with Crippen LogP contribution in [0.3, 0.4) is 0 Å². The number of benzene rings is 1. The zero-order valence-corrected chi connectivity index (χ0v) is 9.37. The molecule has 0 aliphatic heterocycles. The second-order valence-corrected chi connectivity index (χ2v) is 3.94. The van der Waals surface area contributed by atoms with E-state index in [1.54, 1.807) is 6.92 Å². The van der Waals surface area contributed by atoms with Gasteiger partial charge in [-0.3, -0.25) is 4.79 Å². The number of carbonyl (C=O) groups excluding carboxylic acids is 1. The normalized spacial score (nSPS) is 12.3. The van der Waals surface area contributed by atoms with Crippen LogP contribution in [0.2, 0.25) is 0 Å². The van der Waals surface area contributed by atoms with Crippen LogP contribution in [0.15, 0.2) is 18.2 Å². The van der Waals surface area contributed by atoms with Crippen molar-refractivity contribution in [3.05, 3.63) is 34.9 Å². The zero-order valence-electron chi connectivity index (χ0n) is 9.37. The van der Waals surface area contributed by atoms with Crippen LogP contribution < -0.4 is 5.32 Å². The van der Waals surface area contributed by atoms with Crippen molar-refractivity contribution < 1.29 is 9.90 Å². The van der Waals surface area contributed by atoms with Crippen LogP contribution in [0.5, 0.6) is 0 Å². The lowest BCUT2D eigenvalue weighted by molar-refractivity contribution is 0.0924. The average molecular weight is 207 g/mol. The van der Waals surface area contributed by atoms with Gasteiger partial charge in [-0.15, -0.1) is 0 Å². The molecule has 82 valence electrons. The van der Waals surface area contributed by atoms with Gasteiger partial charge in [-0.1, -0.05) is 17.2 Å². The number of aliphatic hydroxyl groups is 1. The van der Waals surface area contributed by atoms with Crippen molar-refractivity contribution in [2.24, 2.45) is 0 Å². The van der Waals surface area contributed by atoms with Gasteiger partial charge in [0.25, 0.3) is 5.91 Å². The molecule has 0 saturated carbocycles. The standard InChI is InChI=1S/C12H17NO2/c1-8-4-9(2)6-11(5-8)12(15)13-7-10(3)14/h4-6,10,14H,7H2,1-3H3,(H,13,15)/t10-/m0/s1. The monoisotopic (exact) mass is 207 g/mol. The topological polar surface area (TPSA) is 49.3 Å². The third-order valence-electron chi connectivity index (χ3n) is 2.04. The predicted octanol–water partition coefficient (Wildman–Crippen LogP) is 1.41. The summed E-state index contributed by atoms with van der Waals surface area (Å²) in [6, 6.07) is 5.69. The highest BCUT2D eigenvalue weighted by atomic mass is 16.3. The summed E-state index contributed by atoms with van der Waals surface area (Å²) in [4.78, 5) is 11.6. The van der Waals surface area contributed by atoms with Gasteiger partial charge in [0.05, 0.1) is 6.10 Å². The fourth-order valence-corrected chi connectivity index (χ4v) is 1.45. The lowest BCUT2D eigenvalue weighted by Gasteiger charge is -2.08. The quantitative estimate of drug-likeness (QED) is 0.787. The van der Waals surface area contributed by atoms with Gasteiger partial charge in [0, 0.05) is 12.1 Å². The molecule has 0 aromatic heterocycles. The molecule has 0 aliphatic carbocycles. The first-order chi connectivity index (χ1) is 6.99. The fourth-order valence-electron chi connectivity index (χ4n) is 1.45. The van der Waals surface area contributed by atoms with Crippen molar-refractivity contribution in [1.29, 1.82) is 0 Å². The minimum absolute atomic E-state index is 0.136. The van der Waals surface area contributed by atoms with E-state index < -0.39 is 6.10 Å². The van der Waals surface area contributed by atoms with Gasteiger partial charge in [-0.2, -0.15) is 0 Å². The van der Waals surface area contributed by atoms with Crippen LogP contribution in [0.4, 0.5) is 0 Å². The van der Waals surface area contributed by atoms with E-state index >= 15 is 0 Å². The first-order valence-electron chi connectivity index (χ1n) is 5.03. The van der Waals surface area contributed by atoms with E-state index in [-0.39, 0.29) is 12.5 Å². The van der Waals surface area contributed by atoms with E-state index in [1.165, 1.54) is 0 Å². The Hall–Kier alpha value is -1.35. The van der Waals surface area contributed by atoms with Crippen LogP contribution in [0.25, 0.3) is 0 Å². The van der Waals surface area contributed by atoms with Gasteiger partial charge in [0.1, 0.15) is 0 Å². The molecule has 0 bridgehead atoms. The van der Waals surface area contributed by atoms with Crippen molar-refractivity contribution >= 4 is 5.91 Å². The van der Waals surface area contributed by atoms with E-state index in [1.807, 2.05) is 32.0 Å². The molecule has 0 heterocycles. The second kappa shape index (κ2) is 4.94. The number of rotatable bonds is 3. The lowest BCUT2D eigenvalue weighted by atomic mass is 10.1. The first-order valence-corrected chi connectivity index (χ1v) is 5.03. The maximum Gasteiger partial charge on any atom is 0.251 e. The Morgan fingerprint density at radius 1 is 1.33 bits per heavy atom. The smallest absolute Gasteiger partial charge is 0.251 e. The molecule has 1 aromatic carbocycles. The Labute approximate surface area is 90.1 Å². The second-order valence-electron chi connectivity index (χ2n) is 3.94. The Balaban J connectivity index is 2.73. The number of carbonyl (C=O) groups is 1. The van der Waals surface area contributed by atoms with Crippen LogP contribution in [-0.4, -0.2) is 23.7 Å². The van der Waals surface area contributed by atoms with Crippen LogP contribution in [0.1, 0.15) is 28.4 Å². The molecule has 0 radical (unpaired) electrons. The first kappa shape index (κ1) is 11.7. The number of aryl methyl sites for hydroxylation is 2. The molecule has 3 nitrogen and oxygen atoms in total. The summed E-state index contributed by atoms with van der Waals surface area (Å²) in [6.45, 7) is 5.84. The summed E-state index contributed by atoms with van der Waals surface area (Å²) in [6.07, 6.45) is -0.514. The Kier molecular flexibility index (Phi) is 3.86. The van der Waals surface area contributed by atoms with Gasteiger partial charge >= 0.3 is 0 Å². The maximum atomic E-state index is 11.6. The van der Waals surface area contributed by atoms with E-state index in [2.05, 4.69) is 5.32 Å². The Morgan fingerprint density at radius 3 is 2.33 bits per heavy atom. The Morgan fingerprint density at radius 2 is 1.87 bits per heavy atom. The number of nitrogens with one attached hydrogen (secondary N) is 1. The molecule has 1 rings (SSSR count). The highest BCUT2D eigenvalue weighted by molar-refractivity contribution is 5.94. The van der Waals surface area contributed by atoms with Crippen molar-refractivity contribution in [1.82, 2.24) is 5.32 Å². The lowest BCUT2D eigenvalue weighted by Crippen LogP contribution is -2.30. The summed E-state index contributed by atoms with van der Waals surface area (Å²) in [7, 11) is 0. The van der Waals surface area contributed by atoms with Gasteiger partial charge in [0.2, 0.25) is 0 Å². The van der Waals surface area contributed by atoms with Crippen molar-refractivity contribution in [3.8, 4) is 0 Å². The minimum Gasteiger partial charge on any atom is -0.392 e. The molecule has 0 unspecified atom stereocenters.